The van der Waals surface area contributed by atoms with Crippen LogP contribution < -0.4 is 10.6 Å². The van der Waals surface area contributed by atoms with Gasteiger partial charge < -0.3 is 10.6 Å². The summed E-state index contributed by atoms with van der Waals surface area (Å²) in [6.45, 7) is 3.52. The number of nitrogens with one attached hydrogen (secondary N) is 2. The summed E-state index contributed by atoms with van der Waals surface area (Å²) in [7, 11) is 0. The molecule has 1 atom stereocenters. The number of hydrogen-bond acceptors (Lipinski definition) is 5. The van der Waals surface area contributed by atoms with Gasteiger partial charge in [0.25, 0.3) is 11.6 Å². The van der Waals surface area contributed by atoms with Crippen molar-refractivity contribution in [2.24, 2.45) is 0 Å². The number of nitro benzene ring substituents is 1. The van der Waals surface area contributed by atoms with Gasteiger partial charge in [-0.25, -0.2) is 0 Å². The van der Waals surface area contributed by atoms with E-state index in [0.29, 0.717) is 29.0 Å². The fraction of sp³-hybridized carbons (Fsp3) is 0.300. The quantitative estimate of drug-likeness (QED) is 0.519. The number of anilines is 1. The van der Waals surface area contributed by atoms with Gasteiger partial charge in [-0.3, -0.25) is 19.7 Å². The lowest BCUT2D eigenvalue weighted by Gasteiger charge is -2.18. The normalized spacial score (nSPS) is 11.5. The highest BCUT2D eigenvalue weighted by molar-refractivity contribution is 7.98. The lowest BCUT2D eigenvalue weighted by atomic mass is 10.1. The van der Waals surface area contributed by atoms with Crippen molar-refractivity contribution in [3.05, 3.63) is 69.3 Å². The Morgan fingerprint density at radius 1 is 1.18 bits per heavy atom. The summed E-state index contributed by atoms with van der Waals surface area (Å²) in [5.74, 6) is -0.0618. The number of rotatable bonds is 8. The van der Waals surface area contributed by atoms with Gasteiger partial charge in [-0.05, 0) is 50.5 Å². The first-order valence-electron chi connectivity index (χ1n) is 8.74. The number of nitro groups is 1. The third kappa shape index (κ3) is 5.82. The van der Waals surface area contributed by atoms with E-state index in [9.17, 15) is 19.7 Å². The van der Waals surface area contributed by atoms with Gasteiger partial charge in [0.15, 0.2) is 0 Å². The molecule has 0 aromatic heterocycles. The maximum Gasteiger partial charge on any atom is 0.274 e. The Balaban J connectivity index is 2.15. The first-order chi connectivity index (χ1) is 13.3. The second kappa shape index (κ2) is 9.89. The molecule has 0 heterocycles. The van der Waals surface area contributed by atoms with Crippen LogP contribution in [0.15, 0.2) is 42.5 Å². The number of carbonyl (C=O) groups excluding carboxylic acids is 2. The van der Waals surface area contributed by atoms with Crippen molar-refractivity contribution in [3.63, 3.8) is 0 Å². The molecule has 0 aliphatic heterocycles. The Kier molecular flexibility index (Phi) is 7.57. The molecule has 2 N–H and O–H groups in total. The highest BCUT2D eigenvalue weighted by atomic mass is 32.2. The molecule has 0 radical (unpaired) electrons. The Labute approximate surface area is 168 Å². The Morgan fingerprint density at radius 3 is 2.57 bits per heavy atom. The minimum absolute atomic E-state index is 0.0674. The van der Waals surface area contributed by atoms with E-state index >= 15 is 0 Å². The Bertz CT molecular complexity index is 886. The van der Waals surface area contributed by atoms with Crippen molar-refractivity contribution >= 4 is 35.0 Å². The molecule has 8 heteroatoms. The van der Waals surface area contributed by atoms with Gasteiger partial charge in [0.05, 0.1) is 4.92 Å². The molecule has 2 rings (SSSR count). The first-order valence-corrected chi connectivity index (χ1v) is 10.1. The maximum atomic E-state index is 12.7. The van der Waals surface area contributed by atoms with Gasteiger partial charge in [0.2, 0.25) is 5.91 Å². The third-order valence-corrected chi connectivity index (χ3v) is 4.83. The van der Waals surface area contributed by atoms with Crippen molar-refractivity contribution in [2.75, 3.05) is 17.3 Å². The average molecular weight is 401 g/mol. The molecule has 2 aromatic carbocycles. The number of nitrogens with zero attached hydrogens (tertiary/aromatic N) is 1. The second-order valence-electron chi connectivity index (χ2n) is 6.42. The van der Waals surface area contributed by atoms with Crippen LogP contribution in [0.25, 0.3) is 0 Å². The summed E-state index contributed by atoms with van der Waals surface area (Å²) >= 11 is 1.57. The van der Waals surface area contributed by atoms with Crippen LogP contribution >= 0.6 is 11.8 Å². The van der Waals surface area contributed by atoms with Gasteiger partial charge in [-0.1, -0.05) is 23.8 Å². The first kappa shape index (κ1) is 21.4. The number of carbonyl (C=O) groups is 2. The lowest BCUT2D eigenvalue weighted by Crippen LogP contribution is -2.44. The molecule has 2 amide bonds. The summed E-state index contributed by atoms with van der Waals surface area (Å²) in [4.78, 5) is 35.8. The van der Waals surface area contributed by atoms with E-state index < -0.39 is 16.9 Å². The van der Waals surface area contributed by atoms with Crippen molar-refractivity contribution < 1.29 is 14.5 Å². The lowest BCUT2D eigenvalue weighted by molar-refractivity contribution is -0.385. The molecule has 2 aromatic rings. The zero-order chi connectivity index (χ0) is 20.7. The molecule has 0 aliphatic carbocycles. The van der Waals surface area contributed by atoms with E-state index in [1.807, 2.05) is 19.2 Å². The smallest absolute Gasteiger partial charge is 0.274 e. The highest BCUT2D eigenvalue weighted by Crippen LogP contribution is 2.22. The molecule has 7 nitrogen and oxygen atoms in total. The fourth-order valence-corrected chi connectivity index (χ4v) is 3.12. The van der Waals surface area contributed by atoms with Gasteiger partial charge in [0, 0.05) is 22.9 Å². The summed E-state index contributed by atoms with van der Waals surface area (Å²) in [5.41, 5.74) is 2.19. The van der Waals surface area contributed by atoms with Crippen LogP contribution in [0.5, 0.6) is 0 Å². The molecule has 148 valence electrons. The van der Waals surface area contributed by atoms with Crippen molar-refractivity contribution in [1.29, 1.82) is 0 Å². The molecule has 28 heavy (non-hydrogen) atoms. The number of amides is 2. The zero-order valence-electron chi connectivity index (χ0n) is 16.0. The van der Waals surface area contributed by atoms with Gasteiger partial charge >= 0.3 is 0 Å². The molecule has 0 fully saturated rings. The standard InChI is InChI=1S/C20H23N3O4S/c1-13-5-4-6-15(11-13)19(24)22-17(9-10-28-3)20(25)21-16-8-7-14(2)18(12-16)23(26)27/h4-8,11-12,17H,9-10H2,1-3H3,(H,21,25)(H,22,24). The maximum absolute atomic E-state index is 12.7. The van der Waals surface area contributed by atoms with E-state index in [0.717, 1.165) is 5.56 Å². The van der Waals surface area contributed by atoms with E-state index in [2.05, 4.69) is 10.6 Å². The van der Waals surface area contributed by atoms with Crippen LogP contribution in [-0.2, 0) is 4.79 Å². The van der Waals surface area contributed by atoms with E-state index in [4.69, 9.17) is 0 Å². The molecular weight excluding hydrogens is 378 g/mol. The predicted molar refractivity (Wildman–Crippen MR) is 112 cm³/mol. The monoisotopic (exact) mass is 401 g/mol. The predicted octanol–water partition coefficient (Wildman–Crippen LogP) is 3.70. The van der Waals surface area contributed by atoms with Crippen LogP contribution in [0, 0.1) is 24.0 Å². The molecule has 0 bridgehead atoms. The van der Waals surface area contributed by atoms with E-state index in [1.54, 1.807) is 49.0 Å². The molecular formula is C20H23N3O4S. The average Bonchev–Trinajstić information content (AvgIpc) is 2.66. The largest absolute Gasteiger partial charge is 0.340 e. The van der Waals surface area contributed by atoms with Gasteiger partial charge in [-0.2, -0.15) is 11.8 Å². The third-order valence-electron chi connectivity index (χ3n) is 4.19. The Hall–Kier alpha value is -2.87. The van der Waals surface area contributed by atoms with Crippen LogP contribution in [0.2, 0.25) is 0 Å². The van der Waals surface area contributed by atoms with Crippen LogP contribution in [0.1, 0.15) is 27.9 Å². The summed E-state index contributed by atoms with van der Waals surface area (Å²) in [5, 5.41) is 16.5. The highest BCUT2D eigenvalue weighted by Gasteiger charge is 2.22. The van der Waals surface area contributed by atoms with Crippen LogP contribution in [-0.4, -0.2) is 34.8 Å². The van der Waals surface area contributed by atoms with Crippen molar-refractivity contribution in [1.82, 2.24) is 5.32 Å². The number of aryl methyl sites for hydroxylation is 2. The SMILES string of the molecule is CSCCC(NC(=O)c1cccc(C)c1)C(=O)Nc1ccc(C)c([N+](=O)[O-])c1. The summed E-state index contributed by atoms with van der Waals surface area (Å²) in [6, 6.07) is 10.9. The molecule has 0 spiro atoms. The molecule has 0 saturated heterocycles. The van der Waals surface area contributed by atoms with Crippen LogP contribution in [0.4, 0.5) is 11.4 Å². The van der Waals surface area contributed by atoms with Gasteiger partial charge in [0.1, 0.15) is 6.04 Å². The van der Waals surface area contributed by atoms with Crippen molar-refractivity contribution in [2.45, 2.75) is 26.3 Å². The van der Waals surface area contributed by atoms with Crippen molar-refractivity contribution in [3.8, 4) is 0 Å². The van der Waals surface area contributed by atoms with Crippen LogP contribution in [0.3, 0.4) is 0 Å². The molecule has 1 unspecified atom stereocenters. The molecule has 0 saturated carbocycles. The Morgan fingerprint density at radius 2 is 1.93 bits per heavy atom. The minimum atomic E-state index is -0.749. The topological polar surface area (TPSA) is 101 Å². The van der Waals surface area contributed by atoms with Gasteiger partial charge in [-0.15, -0.1) is 0 Å². The zero-order valence-corrected chi connectivity index (χ0v) is 16.8. The van der Waals surface area contributed by atoms with E-state index in [1.165, 1.54) is 6.07 Å². The number of thioether (sulfide) groups is 1. The number of hydrogen-bond donors (Lipinski definition) is 2. The summed E-state index contributed by atoms with van der Waals surface area (Å²) < 4.78 is 0. The molecule has 0 aliphatic rings. The minimum Gasteiger partial charge on any atom is -0.340 e. The number of benzene rings is 2. The fourth-order valence-electron chi connectivity index (χ4n) is 2.65. The second-order valence-corrected chi connectivity index (χ2v) is 7.41. The summed E-state index contributed by atoms with van der Waals surface area (Å²) in [6.07, 6.45) is 2.36. The van der Waals surface area contributed by atoms with E-state index in [-0.39, 0.29) is 11.6 Å².